The molecule has 2 amide bonds. The third kappa shape index (κ3) is 3.51. The Hall–Kier alpha value is -1.10. The Bertz CT molecular complexity index is 270. The van der Waals surface area contributed by atoms with Gasteiger partial charge in [-0.15, -0.1) is 0 Å². The zero-order chi connectivity index (χ0) is 11.6. The summed E-state index contributed by atoms with van der Waals surface area (Å²) >= 11 is 0. The molecule has 86 valence electrons. The summed E-state index contributed by atoms with van der Waals surface area (Å²) in [5.41, 5.74) is 10.4. The van der Waals surface area contributed by atoms with Gasteiger partial charge in [-0.05, 0) is 20.3 Å². The average Bonchev–Trinajstić information content (AvgIpc) is 2.47. The van der Waals surface area contributed by atoms with Gasteiger partial charge in [-0.25, -0.2) is 0 Å². The molecule has 1 aliphatic rings. The smallest absolute Gasteiger partial charge is 0.224 e. The Morgan fingerprint density at radius 3 is 2.47 bits per heavy atom. The number of likely N-dealkylation sites (tertiary alicyclic amines) is 1. The molecular weight excluding hydrogens is 194 g/mol. The quantitative estimate of drug-likeness (QED) is 0.659. The minimum absolute atomic E-state index is 0.00579. The number of hydrogen-bond donors (Lipinski definition) is 2. The van der Waals surface area contributed by atoms with Crippen LogP contribution in [0.5, 0.6) is 0 Å². The number of amides is 2. The van der Waals surface area contributed by atoms with Crippen LogP contribution >= 0.6 is 0 Å². The highest BCUT2D eigenvalue weighted by Gasteiger charge is 2.31. The van der Waals surface area contributed by atoms with Gasteiger partial charge in [-0.1, -0.05) is 0 Å². The molecule has 0 bridgehead atoms. The molecule has 0 spiro atoms. The van der Waals surface area contributed by atoms with Crippen LogP contribution in [0, 0.1) is 5.92 Å². The second-order valence-electron chi connectivity index (χ2n) is 4.89. The molecule has 1 fully saturated rings. The van der Waals surface area contributed by atoms with E-state index in [1.165, 1.54) is 0 Å². The molecule has 0 saturated carbocycles. The third-order valence-corrected chi connectivity index (χ3v) is 2.55. The molecule has 1 atom stereocenters. The lowest BCUT2D eigenvalue weighted by Crippen LogP contribution is -2.40. The lowest BCUT2D eigenvalue weighted by atomic mass is 10.0. The molecule has 1 heterocycles. The number of carbonyl (C=O) groups excluding carboxylic acids is 2. The van der Waals surface area contributed by atoms with Crippen LogP contribution in [0.2, 0.25) is 0 Å². The van der Waals surface area contributed by atoms with Gasteiger partial charge in [-0.2, -0.15) is 0 Å². The maximum absolute atomic E-state index is 11.7. The fourth-order valence-corrected chi connectivity index (χ4v) is 1.72. The van der Waals surface area contributed by atoms with Gasteiger partial charge in [0.2, 0.25) is 11.8 Å². The van der Waals surface area contributed by atoms with Crippen molar-refractivity contribution in [3.05, 3.63) is 0 Å². The predicted molar refractivity (Wildman–Crippen MR) is 56.8 cm³/mol. The van der Waals surface area contributed by atoms with E-state index in [0.29, 0.717) is 25.9 Å². The molecule has 1 rings (SSSR count). The topological polar surface area (TPSA) is 89.4 Å². The van der Waals surface area contributed by atoms with E-state index in [0.717, 1.165) is 0 Å². The highest BCUT2D eigenvalue weighted by atomic mass is 16.2. The molecule has 1 aliphatic heterocycles. The number of nitrogens with zero attached hydrogens (tertiary/aromatic N) is 1. The third-order valence-electron chi connectivity index (χ3n) is 2.55. The molecule has 5 nitrogen and oxygen atoms in total. The minimum atomic E-state index is -0.498. The highest BCUT2D eigenvalue weighted by molar-refractivity contribution is 5.81. The Balaban J connectivity index is 2.47. The molecule has 15 heavy (non-hydrogen) atoms. The lowest BCUT2D eigenvalue weighted by Gasteiger charge is -2.22. The molecule has 1 unspecified atom stereocenters. The number of rotatable bonds is 3. The molecule has 5 heteroatoms. The van der Waals surface area contributed by atoms with Crippen molar-refractivity contribution >= 4 is 11.8 Å². The van der Waals surface area contributed by atoms with Gasteiger partial charge in [0.1, 0.15) is 0 Å². The fraction of sp³-hybridized carbons (Fsp3) is 0.800. The van der Waals surface area contributed by atoms with Gasteiger partial charge in [0.05, 0.1) is 5.92 Å². The zero-order valence-corrected chi connectivity index (χ0v) is 9.32. The van der Waals surface area contributed by atoms with Gasteiger partial charge in [-0.3, -0.25) is 9.59 Å². The van der Waals surface area contributed by atoms with E-state index in [-0.39, 0.29) is 17.7 Å². The van der Waals surface area contributed by atoms with Crippen molar-refractivity contribution in [2.75, 3.05) is 13.1 Å². The first-order valence-electron chi connectivity index (χ1n) is 5.15. The average molecular weight is 213 g/mol. The van der Waals surface area contributed by atoms with Crippen LogP contribution in [0.3, 0.4) is 0 Å². The van der Waals surface area contributed by atoms with Gasteiger partial charge in [0.25, 0.3) is 0 Å². The minimum Gasteiger partial charge on any atom is -0.369 e. The van der Waals surface area contributed by atoms with E-state index < -0.39 is 5.54 Å². The fourth-order valence-electron chi connectivity index (χ4n) is 1.72. The summed E-state index contributed by atoms with van der Waals surface area (Å²) in [7, 11) is 0. The standard InChI is InChI=1S/C10H19N3O2/c1-10(2,12)5-8(14)13-4-3-7(6-13)9(11)15/h7H,3-6,12H2,1-2H3,(H2,11,15). The van der Waals surface area contributed by atoms with Crippen molar-refractivity contribution in [1.82, 2.24) is 4.90 Å². The second-order valence-corrected chi connectivity index (χ2v) is 4.89. The van der Waals surface area contributed by atoms with E-state index in [2.05, 4.69) is 0 Å². The summed E-state index contributed by atoms with van der Waals surface area (Å²) < 4.78 is 0. The first kappa shape index (κ1) is 12.0. The Morgan fingerprint density at radius 1 is 1.47 bits per heavy atom. The number of hydrogen-bond acceptors (Lipinski definition) is 3. The maximum Gasteiger partial charge on any atom is 0.224 e. The van der Waals surface area contributed by atoms with Crippen LogP contribution in [0.1, 0.15) is 26.7 Å². The summed E-state index contributed by atoms with van der Waals surface area (Å²) in [6.07, 6.45) is 0.977. The van der Waals surface area contributed by atoms with Crippen LogP contribution in [-0.4, -0.2) is 35.3 Å². The number of primary amides is 1. The molecule has 0 aromatic heterocycles. The molecular formula is C10H19N3O2. The summed E-state index contributed by atoms with van der Waals surface area (Å²) in [5.74, 6) is -0.501. The first-order chi connectivity index (χ1) is 6.79. The molecule has 4 N–H and O–H groups in total. The molecule has 0 aliphatic carbocycles. The van der Waals surface area contributed by atoms with Crippen molar-refractivity contribution in [2.24, 2.45) is 17.4 Å². The van der Waals surface area contributed by atoms with Crippen LogP contribution in [0.25, 0.3) is 0 Å². The Kier molecular flexibility index (Phi) is 3.34. The van der Waals surface area contributed by atoms with Crippen molar-refractivity contribution in [2.45, 2.75) is 32.2 Å². The van der Waals surface area contributed by atoms with E-state index in [1.807, 2.05) is 13.8 Å². The predicted octanol–water partition coefficient (Wildman–Crippen LogP) is -0.552. The van der Waals surface area contributed by atoms with E-state index in [1.54, 1.807) is 4.90 Å². The summed E-state index contributed by atoms with van der Waals surface area (Å²) in [6, 6.07) is 0. The number of nitrogens with two attached hydrogens (primary N) is 2. The van der Waals surface area contributed by atoms with Gasteiger partial charge < -0.3 is 16.4 Å². The monoisotopic (exact) mass is 213 g/mol. The summed E-state index contributed by atoms with van der Waals surface area (Å²) in [4.78, 5) is 24.3. The molecule has 0 aromatic carbocycles. The van der Waals surface area contributed by atoms with Crippen LogP contribution < -0.4 is 11.5 Å². The van der Waals surface area contributed by atoms with Crippen LogP contribution in [0.15, 0.2) is 0 Å². The van der Waals surface area contributed by atoms with E-state index in [4.69, 9.17) is 11.5 Å². The molecule has 0 aromatic rings. The van der Waals surface area contributed by atoms with E-state index in [9.17, 15) is 9.59 Å². The maximum atomic E-state index is 11.7. The highest BCUT2D eigenvalue weighted by Crippen LogP contribution is 2.18. The molecule has 1 saturated heterocycles. The van der Waals surface area contributed by atoms with Crippen molar-refractivity contribution < 1.29 is 9.59 Å². The SMILES string of the molecule is CC(C)(N)CC(=O)N1CCC(C(N)=O)C1. The largest absolute Gasteiger partial charge is 0.369 e. The van der Waals surface area contributed by atoms with Crippen molar-refractivity contribution in [3.8, 4) is 0 Å². The lowest BCUT2D eigenvalue weighted by molar-refractivity contribution is -0.131. The normalized spacial score (nSPS) is 21.8. The Morgan fingerprint density at radius 2 is 2.07 bits per heavy atom. The van der Waals surface area contributed by atoms with Gasteiger partial charge in [0.15, 0.2) is 0 Å². The summed E-state index contributed by atoms with van der Waals surface area (Å²) in [6.45, 7) is 4.69. The van der Waals surface area contributed by atoms with Crippen molar-refractivity contribution in [1.29, 1.82) is 0 Å². The second kappa shape index (κ2) is 4.18. The van der Waals surface area contributed by atoms with Crippen molar-refractivity contribution in [3.63, 3.8) is 0 Å². The van der Waals surface area contributed by atoms with Gasteiger partial charge in [0, 0.05) is 25.0 Å². The summed E-state index contributed by atoms with van der Waals surface area (Å²) in [5, 5.41) is 0. The number of carbonyl (C=O) groups is 2. The molecule has 0 radical (unpaired) electrons. The van der Waals surface area contributed by atoms with E-state index >= 15 is 0 Å². The van der Waals surface area contributed by atoms with Crippen LogP contribution in [-0.2, 0) is 9.59 Å². The van der Waals surface area contributed by atoms with Crippen LogP contribution in [0.4, 0.5) is 0 Å². The first-order valence-corrected chi connectivity index (χ1v) is 5.15. The van der Waals surface area contributed by atoms with Gasteiger partial charge >= 0.3 is 0 Å². The Labute approximate surface area is 89.8 Å². The zero-order valence-electron chi connectivity index (χ0n) is 9.32.